The number of benzene rings is 7. The molecule has 0 saturated carbocycles. The van der Waals surface area contributed by atoms with Crippen molar-refractivity contribution in [2.75, 3.05) is 0 Å². The molecule has 0 aliphatic heterocycles. The quantitative estimate of drug-likeness (QED) is 0.239. The zero-order valence-electron chi connectivity index (χ0n) is 17.5. The summed E-state index contributed by atoms with van der Waals surface area (Å²) < 4.78 is 0. The van der Waals surface area contributed by atoms with Crippen molar-refractivity contribution in [1.82, 2.24) is 0 Å². The lowest BCUT2D eigenvalue weighted by Gasteiger charge is -2.15. The Balaban J connectivity index is 1.78. The molecule has 7 aromatic rings. The normalized spacial score (nSPS) is 11.8. The molecule has 0 aliphatic rings. The number of hydrogen-bond acceptors (Lipinski definition) is 0. The predicted molar refractivity (Wildman–Crippen MR) is 139 cm³/mol. The molecule has 0 fully saturated rings. The Kier molecular flexibility index (Phi) is 3.65. The summed E-state index contributed by atoms with van der Waals surface area (Å²) in [5.41, 5.74) is 2.51. The van der Waals surface area contributed by atoms with Crippen molar-refractivity contribution in [3.63, 3.8) is 0 Å². The van der Waals surface area contributed by atoms with E-state index in [4.69, 9.17) is 0 Å². The van der Waals surface area contributed by atoms with E-state index in [1.165, 1.54) is 65.0 Å². The number of rotatable bonds is 1. The molecule has 0 heterocycles. The molecular formula is C32H20. The Labute approximate surface area is 186 Å². The molecule has 0 atom stereocenters. The van der Waals surface area contributed by atoms with Gasteiger partial charge in [-0.25, -0.2) is 0 Å². The van der Waals surface area contributed by atoms with E-state index in [-0.39, 0.29) is 0 Å². The second-order valence-corrected chi connectivity index (χ2v) is 8.54. The van der Waals surface area contributed by atoms with Gasteiger partial charge in [-0.3, -0.25) is 0 Å². The Hall–Kier alpha value is -4.16. The molecule has 0 N–H and O–H groups in total. The van der Waals surface area contributed by atoms with Gasteiger partial charge in [0, 0.05) is 0 Å². The Morgan fingerprint density at radius 3 is 1.53 bits per heavy atom. The summed E-state index contributed by atoms with van der Waals surface area (Å²) >= 11 is 0. The molecule has 7 aromatic carbocycles. The van der Waals surface area contributed by atoms with Crippen molar-refractivity contribution in [3.05, 3.63) is 121 Å². The molecular weight excluding hydrogens is 384 g/mol. The smallest absolute Gasteiger partial charge is 0.00139 e. The van der Waals surface area contributed by atoms with E-state index in [2.05, 4.69) is 121 Å². The van der Waals surface area contributed by atoms with Gasteiger partial charge >= 0.3 is 0 Å². The van der Waals surface area contributed by atoms with Crippen LogP contribution in [-0.4, -0.2) is 0 Å². The van der Waals surface area contributed by atoms with Crippen LogP contribution in [0.3, 0.4) is 0 Å². The monoisotopic (exact) mass is 404 g/mol. The standard InChI is InChI=1S/C32H20/c1-2-8-21(9-3-1)24-15-14-23-17-19-29-27-13-7-6-12-26(27)28-18-16-22-10-4-5-11-25(22)31(28)32(29)30(23)20-24/h1-20H. The second kappa shape index (κ2) is 6.67. The lowest BCUT2D eigenvalue weighted by Crippen LogP contribution is -1.87. The fourth-order valence-electron chi connectivity index (χ4n) is 5.34. The topological polar surface area (TPSA) is 0 Å². The minimum atomic E-state index is 1.25. The number of hydrogen-bond donors (Lipinski definition) is 0. The maximum absolute atomic E-state index is 2.38. The molecule has 0 aromatic heterocycles. The highest BCUT2D eigenvalue weighted by Gasteiger charge is 2.14. The molecule has 0 nitrogen and oxygen atoms in total. The summed E-state index contributed by atoms with van der Waals surface area (Å²) in [6.07, 6.45) is 0. The van der Waals surface area contributed by atoms with Crippen molar-refractivity contribution < 1.29 is 0 Å². The van der Waals surface area contributed by atoms with Crippen molar-refractivity contribution in [3.8, 4) is 11.1 Å². The first kappa shape index (κ1) is 17.5. The van der Waals surface area contributed by atoms with Crippen LogP contribution in [0.1, 0.15) is 0 Å². The Morgan fingerprint density at radius 1 is 0.281 bits per heavy atom. The number of fused-ring (bicyclic) bond motifs is 10. The predicted octanol–water partition coefficient (Wildman–Crippen LogP) is 9.12. The van der Waals surface area contributed by atoms with Gasteiger partial charge in [-0.2, -0.15) is 0 Å². The third kappa shape index (κ3) is 2.44. The van der Waals surface area contributed by atoms with Crippen molar-refractivity contribution in [2.45, 2.75) is 0 Å². The van der Waals surface area contributed by atoms with E-state index in [1.807, 2.05) is 0 Å². The first-order chi connectivity index (χ1) is 15.9. The largest absolute Gasteiger partial charge is 0.0622 e. The van der Waals surface area contributed by atoms with Crippen LogP contribution in [0.2, 0.25) is 0 Å². The summed E-state index contributed by atoms with van der Waals surface area (Å²) in [5, 5.41) is 13.2. The third-order valence-electron chi connectivity index (χ3n) is 6.82. The van der Waals surface area contributed by atoms with Crippen molar-refractivity contribution in [2.24, 2.45) is 0 Å². The molecule has 0 saturated heterocycles. The minimum Gasteiger partial charge on any atom is -0.0622 e. The highest BCUT2D eigenvalue weighted by molar-refractivity contribution is 6.36. The molecule has 32 heavy (non-hydrogen) atoms. The van der Waals surface area contributed by atoms with Gasteiger partial charge in [0.15, 0.2) is 0 Å². The van der Waals surface area contributed by atoms with Crippen LogP contribution < -0.4 is 0 Å². The lowest BCUT2D eigenvalue weighted by molar-refractivity contribution is 1.65. The average Bonchev–Trinajstić information content (AvgIpc) is 2.88. The molecule has 0 unspecified atom stereocenters. The molecule has 0 amide bonds. The molecule has 0 radical (unpaired) electrons. The van der Waals surface area contributed by atoms with E-state index in [9.17, 15) is 0 Å². The van der Waals surface area contributed by atoms with Gasteiger partial charge in [-0.1, -0.05) is 115 Å². The average molecular weight is 405 g/mol. The van der Waals surface area contributed by atoms with Crippen LogP contribution in [0.4, 0.5) is 0 Å². The van der Waals surface area contributed by atoms with Gasteiger partial charge in [0.1, 0.15) is 0 Å². The fraction of sp³-hybridized carbons (Fsp3) is 0. The first-order valence-electron chi connectivity index (χ1n) is 11.1. The zero-order valence-corrected chi connectivity index (χ0v) is 17.5. The van der Waals surface area contributed by atoms with Gasteiger partial charge in [-0.15, -0.1) is 0 Å². The minimum absolute atomic E-state index is 1.25. The van der Waals surface area contributed by atoms with E-state index < -0.39 is 0 Å². The highest BCUT2D eigenvalue weighted by atomic mass is 14.2. The van der Waals surface area contributed by atoms with Gasteiger partial charge < -0.3 is 0 Å². The van der Waals surface area contributed by atoms with Crippen LogP contribution in [0.5, 0.6) is 0 Å². The van der Waals surface area contributed by atoms with E-state index >= 15 is 0 Å². The van der Waals surface area contributed by atoms with Crippen LogP contribution in [0.15, 0.2) is 121 Å². The van der Waals surface area contributed by atoms with E-state index in [1.54, 1.807) is 0 Å². The molecule has 7 rings (SSSR count). The molecule has 148 valence electrons. The SMILES string of the molecule is c1ccc(-c2ccc3ccc4c5ccccc5c5ccc6ccccc6c5c4c3c2)cc1. The van der Waals surface area contributed by atoms with Gasteiger partial charge in [0.05, 0.1) is 0 Å². The molecule has 0 bridgehead atoms. The molecule has 0 spiro atoms. The van der Waals surface area contributed by atoms with Gasteiger partial charge in [-0.05, 0) is 71.1 Å². The van der Waals surface area contributed by atoms with Crippen LogP contribution >= 0.6 is 0 Å². The molecule has 0 aliphatic carbocycles. The highest BCUT2D eigenvalue weighted by Crippen LogP contribution is 2.42. The van der Waals surface area contributed by atoms with Crippen LogP contribution in [-0.2, 0) is 0 Å². The van der Waals surface area contributed by atoms with Gasteiger partial charge in [0.25, 0.3) is 0 Å². The summed E-state index contributed by atoms with van der Waals surface area (Å²) in [6, 6.07) is 44.3. The first-order valence-corrected chi connectivity index (χ1v) is 11.1. The van der Waals surface area contributed by atoms with Crippen molar-refractivity contribution in [1.29, 1.82) is 0 Å². The van der Waals surface area contributed by atoms with Crippen molar-refractivity contribution >= 4 is 53.9 Å². The summed E-state index contributed by atoms with van der Waals surface area (Å²) in [7, 11) is 0. The third-order valence-corrected chi connectivity index (χ3v) is 6.82. The fourth-order valence-corrected chi connectivity index (χ4v) is 5.34. The summed E-state index contributed by atoms with van der Waals surface area (Å²) in [5.74, 6) is 0. The summed E-state index contributed by atoms with van der Waals surface area (Å²) in [6.45, 7) is 0. The molecule has 0 heteroatoms. The zero-order chi connectivity index (χ0) is 21.1. The maximum Gasteiger partial charge on any atom is -0.00139 e. The van der Waals surface area contributed by atoms with Gasteiger partial charge in [0.2, 0.25) is 0 Å². The van der Waals surface area contributed by atoms with E-state index in [0.29, 0.717) is 0 Å². The van der Waals surface area contributed by atoms with E-state index in [0.717, 1.165) is 0 Å². The van der Waals surface area contributed by atoms with Crippen LogP contribution in [0.25, 0.3) is 65.0 Å². The van der Waals surface area contributed by atoms with Crippen LogP contribution in [0, 0.1) is 0 Å². The Morgan fingerprint density at radius 2 is 0.812 bits per heavy atom. The lowest BCUT2D eigenvalue weighted by atomic mass is 9.88. The second-order valence-electron chi connectivity index (χ2n) is 8.54. The summed E-state index contributed by atoms with van der Waals surface area (Å²) in [4.78, 5) is 0. The Bertz CT molecular complexity index is 1810. The maximum atomic E-state index is 2.38.